The monoisotopic (exact) mass is 257 g/mol. The van der Waals surface area contributed by atoms with Crippen molar-refractivity contribution in [3.05, 3.63) is 30.0 Å². The van der Waals surface area contributed by atoms with E-state index in [1.165, 1.54) is 0 Å². The number of aromatic nitrogens is 2. The average molecular weight is 257 g/mol. The summed E-state index contributed by atoms with van der Waals surface area (Å²) < 4.78 is 5.55. The van der Waals surface area contributed by atoms with Crippen LogP contribution >= 0.6 is 0 Å². The van der Waals surface area contributed by atoms with Gasteiger partial charge in [-0.2, -0.15) is 5.10 Å². The van der Waals surface area contributed by atoms with Gasteiger partial charge in [0.1, 0.15) is 0 Å². The molecule has 3 atom stereocenters. The molecule has 1 aromatic carbocycles. The zero-order chi connectivity index (χ0) is 12.8. The Morgan fingerprint density at radius 2 is 2.32 bits per heavy atom. The van der Waals surface area contributed by atoms with Gasteiger partial charge in [0.2, 0.25) is 0 Å². The Morgan fingerprint density at radius 1 is 1.42 bits per heavy atom. The number of nitrogens with zero attached hydrogens (tertiary/aromatic N) is 1. The molecular weight excluding hydrogens is 242 g/mol. The predicted octanol–water partition coefficient (Wildman–Crippen LogP) is 1.47. The van der Waals surface area contributed by atoms with Crippen molar-refractivity contribution in [3.63, 3.8) is 0 Å². The summed E-state index contributed by atoms with van der Waals surface area (Å²) in [5, 5.41) is 11.0. The highest BCUT2D eigenvalue weighted by Gasteiger charge is 2.45. The van der Waals surface area contributed by atoms with Gasteiger partial charge in [0.05, 0.1) is 11.6 Å². The standard InChI is InChI=1S/C14H15N3O2/c18-14(15-11-7-12-8(11)5-6-19-12)13-9-3-1-2-4-10(9)16-17-13/h1-4,8,11-12H,5-7H2,(H,15,18)(H,16,17)/t8-,11+,12+/m0/s1. The molecule has 5 heteroatoms. The Bertz CT molecular complexity index is 636. The molecule has 2 fully saturated rings. The van der Waals surface area contributed by atoms with Crippen LogP contribution in [0.15, 0.2) is 24.3 Å². The second-order valence-corrected chi connectivity index (χ2v) is 5.30. The first-order valence-electron chi connectivity index (χ1n) is 6.68. The van der Waals surface area contributed by atoms with E-state index in [0.717, 1.165) is 30.4 Å². The SMILES string of the molecule is O=C(N[C@@H]1C[C@H]2OCC[C@@H]12)c1n[nH]c2ccccc12. The van der Waals surface area contributed by atoms with Crippen LogP contribution in [0.2, 0.25) is 0 Å². The summed E-state index contributed by atoms with van der Waals surface area (Å²) in [5.41, 5.74) is 1.38. The van der Waals surface area contributed by atoms with Crippen LogP contribution in [0.5, 0.6) is 0 Å². The van der Waals surface area contributed by atoms with Crippen LogP contribution in [-0.2, 0) is 4.74 Å². The van der Waals surface area contributed by atoms with E-state index < -0.39 is 0 Å². The molecule has 1 aliphatic carbocycles. The largest absolute Gasteiger partial charge is 0.378 e. The lowest BCUT2D eigenvalue weighted by atomic mass is 9.76. The molecule has 0 bridgehead atoms. The van der Waals surface area contributed by atoms with Crippen molar-refractivity contribution < 1.29 is 9.53 Å². The van der Waals surface area contributed by atoms with Gasteiger partial charge in [-0.15, -0.1) is 0 Å². The summed E-state index contributed by atoms with van der Waals surface area (Å²) in [6.07, 6.45) is 2.34. The van der Waals surface area contributed by atoms with Crippen molar-refractivity contribution >= 4 is 16.8 Å². The minimum atomic E-state index is -0.0900. The first-order valence-corrected chi connectivity index (χ1v) is 6.68. The molecule has 2 aliphatic rings. The number of benzene rings is 1. The molecule has 1 amide bonds. The Balaban J connectivity index is 1.54. The van der Waals surface area contributed by atoms with E-state index in [-0.39, 0.29) is 11.9 Å². The van der Waals surface area contributed by atoms with Crippen LogP contribution in [0.25, 0.3) is 10.9 Å². The third-order valence-electron chi connectivity index (χ3n) is 4.27. The Hall–Kier alpha value is -1.88. The fourth-order valence-electron chi connectivity index (χ4n) is 3.14. The number of hydrogen-bond acceptors (Lipinski definition) is 3. The minimum Gasteiger partial charge on any atom is -0.378 e. The molecule has 2 aromatic rings. The van der Waals surface area contributed by atoms with Crippen molar-refractivity contribution in [2.45, 2.75) is 25.0 Å². The molecule has 1 saturated heterocycles. The zero-order valence-electron chi connectivity index (χ0n) is 10.4. The quantitative estimate of drug-likeness (QED) is 0.856. The summed E-state index contributed by atoms with van der Waals surface area (Å²) in [6.45, 7) is 0.826. The summed E-state index contributed by atoms with van der Waals surface area (Å²) in [4.78, 5) is 12.3. The molecule has 2 N–H and O–H groups in total. The summed E-state index contributed by atoms with van der Waals surface area (Å²) in [7, 11) is 0. The molecule has 1 aromatic heterocycles. The topological polar surface area (TPSA) is 67.0 Å². The fourth-order valence-corrected chi connectivity index (χ4v) is 3.14. The smallest absolute Gasteiger partial charge is 0.272 e. The number of nitrogens with one attached hydrogen (secondary N) is 2. The average Bonchev–Trinajstić information content (AvgIpc) is 2.99. The maximum Gasteiger partial charge on any atom is 0.272 e. The van der Waals surface area contributed by atoms with Crippen molar-refractivity contribution in [2.24, 2.45) is 5.92 Å². The van der Waals surface area contributed by atoms with Gasteiger partial charge in [-0.05, 0) is 18.9 Å². The lowest BCUT2D eigenvalue weighted by Crippen LogP contribution is -2.53. The lowest BCUT2D eigenvalue weighted by Gasteiger charge is -2.39. The first kappa shape index (κ1) is 11.0. The Kier molecular flexibility index (Phi) is 2.35. The predicted molar refractivity (Wildman–Crippen MR) is 69.8 cm³/mol. The highest BCUT2D eigenvalue weighted by atomic mass is 16.5. The number of fused-ring (bicyclic) bond motifs is 2. The molecule has 0 radical (unpaired) electrons. The molecule has 2 heterocycles. The van der Waals surface area contributed by atoms with Gasteiger partial charge in [0, 0.05) is 24.0 Å². The van der Waals surface area contributed by atoms with Crippen LogP contribution < -0.4 is 5.32 Å². The minimum absolute atomic E-state index is 0.0900. The van der Waals surface area contributed by atoms with E-state index in [9.17, 15) is 4.79 Å². The highest BCUT2D eigenvalue weighted by molar-refractivity contribution is 6.04. The maximum atomic E-state index is 12.3. The maximum absolute atomic E-state index is 12.3. The van der Waals surface area contributed by atoms with E-state index in [2.05, 4.69) is 15.5 Å². The Morgan fingerprint density at radius 3 is 3.21 bits per heavy atom. The number of carbonyl (C=O) groups is 1. The van der Waals surface area contributed by atoms with Crippen LogP contribution in [0.4, 0.5) is 0 Å². The van der Waals surface area contributed by atoms with Gasteiger partial charge in [-0.3, -0.25) is 9.89 Å². The van der Waals surface area contributed by atoms with Gasteiger partial charge in [0.15, 0.2) is 5.69 Å². The van der Waals surface area contributed by atoms with Crippen LogP contribution in [0, 0.1) is 5.92 Å². The molecule has 98 valence electrons. The van der Waals surface area contributed by atoms with Crippen LogP contribution in [0.1, 0.15) is 23.3 Å². The molecular formula is C14H15N3O2. The van der Waals surface area contributed by atoms with Gasteiger partial charge in [-0.1, -0.05) is 18.2 Å². The molecule has 1 saturated carbocycles. The van der Waals surface area contributed by atoms with Gasteiger partial charge in [0.25, 0.3) is 5.91 Å². The van der Waals surface area contributed by atoms with E-state index in [4.69, 9.17) is 4.74 Å². The fraction of sp³-hybridized carbons (Fsp3) is 0.429. The van der Waals surface area contributed by atoms with Crippen molar-refractivity contribution in [3.8, 4) is 0 Å². The van der Waals surface area contributed by atoms with E-state index in [1.54, 1.807) is 0 Å². The third kappa shape index (κ3) is 1.65. The van der Waals surface area contributed by atoms with Crippen molar-refractivity contribution in [1.82, 2.24) is 15.5 Å². The molecule has 1 aliphatic heterocycles. The summed E-state index contributed by atoms with van der Waals surface area (Å²) >= 11 is 0. The van der Waals surface area contributed by atoms with Crippen LogP contribution in [-0.4, -0.2) is 34.9 Å². The molecule has 0 unspecified atom stereocenters. The number of carbonyl (C=O) groups excluding carboxylic acids is 1. The van der Waals surface area contributed by atoms with E-state index in [1.807, 2.05) is 24.3 Å². The highest BCUT2D eigenvalue weighted by Crippen LogP contribution is 2.38. The number of H-pyrrole nitrogens is 1. The Labute approximate surface area is 110 Å². The number of ether oxygens (including phenoxy) is 1. The van der Waals surface area contributed by atoms with Gasteiger partial charge >= 0.3 is 0 Å². The van der Waals surface area contributed by atoms with E-state index in [0.29, 0.717) is 17.7 Å². The number of hydrogen-bond donors (Lipinski definition) is 2. The number of aromatic amines is 1. The first-order chi connectivity index (χ1) is 9.33. The summed E-state index contributed by atoms with van der Waals surface area (Å²) in [5.74, 6) is 0.405. The lowest BCUT2D eigenvalue weighted by molar-refractivity contribution is 0.00805. The molecule has 5 nitrogen and oxygen atoms in total. The normalized spacial score (nSPS) is 28.9. The second-order valence-electron chi connectivity index (χ2n) is 5.30. The number of rotatable bonds is 2. The van der Waals surface area contributed by atoms with Gasteiger partial charge < -0.3 is 10.1 Å². The molecule has 19 heavy (non-hydrogen) atoms. The van der Waals surface area contributed by atoms with Crippen molar-refractivity contribution in [2.75, 3.05) is 6.61 Å². The summed E-state index contributed by atoms with van der Waals surface area (Å²) in [6, 6.07) is 7.92. The number of para-hydroxylation sites is 1. The van der Waals surface area contributed by atoms with Crippen molar-refractivity contribution in [1.29, 1.82) is 0 Å². The molecule has 4 rings (SSSR count). The van der Waals surface area contributed by atoms with E-state index >= 15 is 0 Å². The second kappa shape index (κ2) is 4.06. The molecule has 0 spiro atoms. The van der Waals surface area contributed by atoms with Gasteiger partial charge in [-0.25, -0.2) is 0 Å². The zero-order valence-corrected chi connectivity index (χ0v) is 10.4. The van der Waals surface area contributed by atoms with Crippen LogP contribution in [0.3, 0.4) is 0 Å². The number of amides is 1. The third-order valence-corrected chi connectivity index (χ3v) is 4.27.